The van der Waals surface area contributed by atoms with E-state index in [-0.39, 0.29) is 5.91 Å². The lowest BCUT2D eigenvalue weighted by atomic mass is 9.99. The minimum absolute atomic E-state index is 0.261. The molecule has 2 atom stereocenters. The van der Waals surface area contributed by atoms with Crippen molar-refractivity contribution in [3.05, 3.63) is 29.3 Å². The van der Waals surface area contributed by atoms with Crippen LogP contribution in [0.15, 0.2) is 24.3 Å². The second-order valence-corrected chi connectivity index (χ2v) is 8.92. The number of hydrogen-bond donors (Lipinski definition) is 1. The molecule has 148 valence electrons. The SMILES string of the molecule is CCCC[C@@H](CC)CNC(=O)[C@H](CC)N(c1ccc(Cl)cc1)S(C)(=O)=O. The van der Waals surface area contributed by atoms with Crippen molar-refractivity contribution in [3.63, 3.8) is 0 Å². The van der Waals surface area contributed by atoms with E-state index in [1.165, 1.54) is 4.31 Å². The zero-order valence-corrected chi connectivity index (χ0v) is 17.7. The standard InChI is InChI=1S/C19H31ClN2O3S/c1-5-8-9-15(6-2)14-21-19(23)18(7-3)22(26(4,24)25)17-12-10-16(20)11-13-17/h10-13,15,18H,5-9,14H2,1-4H3,(H,21,23)/t15-,18+/m1/s1. The molecule has 1 N–H and O–H groups in total. The number of anilines is 1. The summed E-state index contributed by atoms with van der Waals surface area (Å²) in [7, 11) is -3.62. The number of hydrogen-bond acceptors (Lipinski definition) is 3. The first-order chi connectivity index (χ1) is 12.2. The van der Waals surface area contributed by atoms with Crippen LogP contribution >= 0.6 is 11.6 Å². The van der Waals surface area contributed by atoms with Crippen LogP contribution in [-0.2, 0) is 14.8 Å². The Morgan fingerprint density at radius 1 is 1.15 bits per heavy atom. The van der Waals surface area contributed by atoms with Crippen molar-refractivity contribution in [1.29, 1.82) is 0 Å². The molecule has 1 amide bonds. The Hall–Kier alpha value is -1.27. The zero-order valence-electron chi connectivity index (χ0n) is 16.2. The largest absolute Gasteiger partial charge is 0.354 e. The van der Waals surface area contributed by atoms with Crippen LogP contribution in [0.2, 0.25) is 5.02 Å². The summed E-state index contributed by atoms with van der Waals surface area (Å²) in [6.07, 6.45) is 5.81. The molecule has 0 aromatic heterocycles. The van der Waals surface area contributed by atoms with Crippen molar-refractivity contribution in [2.24, 2.45) is 5.92 Å². The number of carbonyl (C=O) groups excluding carboxylic acids is 1. The third-order valence-electron chi connectivity index (χ3n) is 4.52. The quantitative estimate of drug-likeness (QED) is 0.602. The maximum absolute atomic E-state index is 12.8. The van der Waals surface area contributed by atoms with Crippen LogP contribution in [0.1, 0.15) is 52.9 Å². The van der Waals surface area contributed by atoms with Crippen molar-refractivity contribution in [2.45, 2.75) is 58.9 Å². The van der Waals surface area contributed by atoms with Gasteiger partial charge in [-0.1, -0.05) is 51.6 Å². The predicted octanol–water partition coefficient (Wildman–Crippen LogP) is 4.22. The molecule has 5 nitrogen and oxygen atoms in total. The average molecular weight is 403 g/mol. The van der Waals surface area contributed by atoms with Gasteiger partial charge in [-0.3, -0.25) is 9.10 Å². The molecular formula is C19H31ClN2O3S. The summed E-state index contributed by atoms with van der Waals surface area (Å²) in [5.41, 5.74) is 0.442. The van der Waals surface area contributed by atoms with Gasteiger partial charge in [-0.15, -0.1) is 0 Å². The van der Waals surface area contributed by atoms with Crippen molar-refractivity contribution >= 4 is 33.2 Å². The molecule has 0 aliphatic carbocycles. The van der Waals surface area contributed by atoms with Crippen LogP contribution in [0.25, 0.3) is 0 Å². The van der Waals surface area contributed by atoms with Gasteiger partial charge in [0.15, 0.2) is 0 Å². The van der Waals surface area contributed by atoms with Crippen LogP contribution in [0.5, 0.6) is 0 Å². The average Bonchev–Trinajstić information content (AvgIpc) is 2.59. The molecule has 0 unspecified atom stereocenters. The molecule has 0 aliphatic heterocycles. The van der Waals surface area contributed by atoms with Crippen LogP contribution in [0.3, 0.4) is 0 Å². The lowest BCUT2D eigenvalue weighted by molar-refractivity contribution is -0.122. The van der Waals surface area contributed by atoms with Gasteiger partial charge in [0.25, 0.3) is 0 Å². The van der Waals surface area contributed by atoms with Gasteiger partial charge >= 0.3 is 0 Å². The van der Waals surface area contributed by atoms with Gasteiger partial charge in [0, 0.05) is 11.6 Å². The van der Waals surface area contributed by atoms with Gasteiger partial charge in [0.05, 0.1) is 11.9 Å². The number of halogens is 1. The molecule has 0 heterocycles. The molecule has 0 spiro atoms. The van der Waals surface area contributed by atoms with E-state index in [4.69, 9.17) is 11.6 Å². The van der Waals surface area contributed by atoms with Crippen LogP contribution < -0.4 is 9.62 Å². The molecule has 0 fully saturated rings. The first-order valence-corrected chi connectivity index (χ1v) is 11.5. The molecule has 26 heavy (non-hydrogen) atoms. The van der Waals surface area contributed by atoms with Crippen molar-refractivity contribution in [1.82, 2.24) is 5.32 Å². The Morgan fingerprint density at radius 3 is 2.23 bits per heavy atom. The highest BCUT2D eigenvalue weighted by molar-refractivity contribution is 7.92. The van der Waals surface area contributed by atoms with Crippen molar-refractivity contribution in [2.75, 3.05) is 17.1 Å². The van der Waals surface area contributed by atoms with Crippen LogP contribution in [0.4, 0.5) is 5.69 Å². The fourth-order valence-corrected chi connectivity index (χ4v) is 4.29. The summed E-state index contributed by atoms with van der Waals surface area (Å²) in [6.45, 7) is 6.64. The van der Waals surface area contributed by atoms with E-state index in [1.807, 2.05) is 6.92 Å². The Labute approximate surface area is 163 Å². The van der Waals surface area contributed by atoms with Crippen molar-refractivity contribution < 1.29 is 13.2 Å². The zero-order chi connectivity index (χ0) is 19.7. The van der Waals surface area contributed by atoms with Gasteiger partial charge in [0.1, 0.15) is 6.04 Å². The molecule has 0 saturated carbocycles. The summed E-state index contributed by atoms with van der Waals surface area (Å²) in [6, 6.07) is 5.70. The highest BCUT2D eigenvalue weighted by Gasteiger charge is 2.31. The molecule has 1 aromatic rings. The van der Waals surface area contributed by atoms with E-state index in [2.05, 4.69) is 19.2 Å². The van der Waals surface area contributed by atoms with Crippen LogP contribution in [0, 0.1) is 5.92 Å². The maximum Gasteiger partial charge on any atom is 0.243 e. The van der Waals surface area contributed by atoms with E-state index in [1.54, 1.807) is 24.3 Å². The first-order valence-electron chi connectivity index (χ1n) is 9.27. The molecule has 1 aromatic carbocycles. The lowest BCUT2D eigenvalue weighted by Crippen LogP contribution is -2.50. The van der Waals surface area contributed by atoms with E-state index in [9.17, 15) is 13.2 Å². The fourth-order valence-electron chi connectivity index (χ4n) is 2.95. The number of nitrogens with one attached hydrogen (secondary N) is 1. The summed E-state index contributed by atoms with van der Waals surface area (Å²) < 4.78 is 25.9. The number of benzene rings is 1. The third-order valence-corrected chi connectivity index (χ3v) is 5.95. The monoisotopic (exact) mass is 402 g/mol. The highest BCUT2D eigenvalue weighted by Crippen LogP contribution is 2.24. The Bertz CT molecular complexity index is 662. The highest BCUT2D eigenvalue weighted by atomic mass is 35.5. The number of rotatable bonds is 11. The summed E-state index contributed by atoms with van der Waals surface area (Å²) in [4.78, 5) is 12.8. The molecule has 7 heteroatoms. The Balaban J connectivity index is 2.96. The first kappa shape index (κ1) is 22.8. The molecule has 0 radical (unpaired) electrons. The number of amides is 1. The molecule has 0 bridgehead atoms. The van der Waals surface area contributed by atoms with Crippen molar-refractivity contribution in [3.8, 4) is 0 Å². The topological polar surface area (TPSA) is 66.5 Å². The predicted molar refractivity (Wildman–Crippen MR) is 109 cm³/mol. The van der Waals surface area contributed by atoms with E-state index in [0.717, 1.165) is 31.9 Å². The smallest absolute Gasteiger partial charge is 0.243 e. The minimum atomic E-state index is -3.62. The van der Waals surface area contributed by atoms with Gasteiger partial charge in [0.2, 0.25) is 15.9 Å². The molecule has 1 rings (SSSR count). The number of nitrogens with zero attached hydrogens (tertiary/aromatic N) is 1. The summed E-state index contributed by atoms with van der Waals surface area (Å²) in [5, 5.41) is 3.47. The molecular weight excluding hydrogens is 372 g/mol. The van der Waals surface area contributed by atoms with E-state index < -0.39 is 16.1 Å². The van der Waals surface area contributed by atoms with Crippen LogP contribution in [-0.4, -0.2) is 33.2 Å². The molecule has 0 saturated heterocycles. The summed E-state index contributed by atoms with van der Waals surface area (Å²) >= 11 is 5.90. The number of unbranched alkanes of at least 4 members (excludes halogenated alkanes) is 1. The summed E-state index contributed by atoms with van der Waals surface area (Å²) in [5.74, 6) is 0.154. The van der Waals surface area contributed by atoms with Gasteiger partial charge in [-0.25, -0.2) is 8.42 Å². The van der Waals surface area contributed by atoms with Gasteiger partial charge < -0.3 is 5.32 Å². The van der Waals surface area contributed by atoms with Gasteiger partial charge in [-0.2, -0.15) is 0 Å². The van der Waals surface area contributed by atoms with E-state index in [0.29, 0.717) is 29.6 Å². The van der Waals surface area contributed by atoms with Gasteiger partial charge in [-0.05, 0) is 43.0 Å². The second-order valence-electron chi connectivity index (χ2n) is 6.62. The fraction of sp³-hybridized carbons (Fsp3) is 0.632. The second kappa shape index (κ2) is 10.8. The number of sulfonamides is 1. The maximum atomic E-state index is 12.8. The minimum Gasteiger partial charge on any atom is -0.354 e. The molecule has 0 aliphatic rings. The normalized spacial score (nSPS) is 13.9. The lowest BCUT2D eigenvalue weighted by Gasteiger charge is -2.30. The Morgan fingerprint density at radius 2 is 1.77 bits per heavy atom. The number of carbonyl (C=O) groups is 1. The van der Waals surface area contributed by atoms with E-state index >= 15 is 0 Å². The third kappa shape index (κ3) is 6.80. The Kier molecular flexibility index (Phi) is 9.44.